The maximum Gasteiger partial charge on any atom is 0.252 e. The first-order valence-electron chi connectivity index (χ1n) is 6.45. The average Bonchev–Trinajstić information content (AvgIpc) is 2.45. The van der Waals surface area contributed by atoms with E-state index in [2.05, 4.69) is 0 Å². The van der Waals surface area contributed by atoms with Gasteiger partial charge in [-0.15, -0.1) is 0 Å². The van der Waals surface area contributed by atoms with Crippen LogP contribution in [0.5, 0.6) is 5.75 Å². The summed E-state index contributed by atoms with van der Waals surface area (Å²) in [5, 5.41) is 10.6. The molecule has 0 saturated carbocycles. The van der Waals surface area contributed by atoms with Gasteiger partial charge in [0.1, 0.15) is 18.5 Å². The number of hydrogen-bond donors (Lipinski definition) is 2. The number of hydrogen-bond acceptors (Lipinski definition) is 3. The van der Waals surface area contributed by atoms with E-state index in [1.165, 1.54) is 0 Å². The highest BCUT2D eigenvalue weighted by atomic mass is 35.5. The number of ether oxygens (including phenoxy) is 1. The van der Waals surface area contributed by atoms with E-state index < -0.39 is 12.0 Å². The van der Waals surface area contributed by atoms with Crippen molar-refractivity contribution < 1.29 is 14.6 Å². The lowest BCUT2D eigenvalue weighted by molar-refractivity contribution is 0.0967. The van der Waals surface area contributed by atoms with E-state index in [0.29, 0.717) is 16.3 Å². The molecule has 0 aliphatic heterocycles. The predicted octanol–water partition coefficient (Wildman–Crippen LogP) is 2.86. The third kappa shape index (κ3) is 3.74. The van der Waals surface area contributed by atoms with Crippen LogP contribution in [0, 0.1) is 6.92 Å². The fraction of sp³-hybridized carbons (Fsp3) is 0.188. The van der Waals surface area contributed by atoms with Crippen molar-refractivity contribution in [3.05, 3.63) is 64.2 Å². The van der Waals surface area contributed by atoms with Gasteiger partial charge in [-0.25, -0.2) is 0 Å². The van der Waals surface area contributed by atoms with E-state index in [1.807, 2.05) is 6.92 Å². The summed E-state index contributed by atoms with van der Waals surface area (Å²) < 4.78 is 5.54. The Labute approximate surface area is 128 Å². The number of nitrogens with two attached hydrogens (primary N) is 1. The fourth-order valence-electron chi connectivity index (χ4n) is 1.96. The van der Waals surface area contributed by atoms with Crippen LogP contribution in [-0.2, 0) is 0 Å². The molecule has 0 radical (unpaired) electrons. The number of aliphatic hydroxyl groups is 1. The molecule has 1 atom stereocenters. The SMILES string of the molecule is Cc1ccc(C(N)=O)c(OCC(O)c2ccccc2Cl)c1. The zero-order valence-electron chi connectivity index (χ0n) is 11.5. The van der Waals surface area contributed by atoms with Gasteiger partial charge in [-0.05, 0) is 30.7 Å². The third-order valence-corrected chi connectivity index (χ3v) is 3.41. The number of aliphatic hydroxyl groups excluding tert-OH is 1. The fourth-order valence-corrected chi connectivity index (χ4v) is 2.22. The normalized spacial score (nSPS) is 12.0. The van der Waals surface area contributed by atoms with Gasteiger partial charge in [0.25, 0.3) is 5.91 Å². The van der Waals surface area contributed by atoms with Crippen LogP contribution in [0.2, 0.25) is 5.02 Å². The van der Waals surface area contributed by atoms with Crippen LogP contribution in [-0.4, -0.2) is 17.6 Å². The molecular weight excluding hydrogens is 290 g/mol. The van der Waals surface area contributed by atoms with Crippen LogP contribution in [0.25, 0.3) is 0 Å². The van der Waals surface area contributed by atoms with Gasteiger partial charge < -0.3 is 15.6 Å². The van der Waals surface area contributed by atoms with Gasteiger partial charge in [0.05, 0.1) is 5.56 Å². The molecule has 2 aromatic carbocycles. The molecule has 0 spiro atoms. The first-order chi connectivity index (χ1) is 9.99. The Morgan fingerprint density at radius 2 is 2.05 bits per heavy atom. The summed E-state index contributed by atoms with van der Waals surface area (Å²) in [5.74, 6) is -0.217. The molecular formula is C16H16ClNO3. The molecule has 2 rings (SSSR count). The lowest BCUT2D eigenvalue weighted by atomic mass is 10.1. The van der Waals surface area contributed by atoms with Crippen molar-refractivity contribution in [2.45, 2.75) is 13.0 Å². The minimum atomic E-state index is -0.889. The van der Waals surface area contributed by atoms with Gasteiger partial charge in [0.2, 0.25) is 0 Å². The van der Waals surface area contributed by atoms with Gasteiger partial charge >= 0.3 is 0 Å². The topological polar surface area (TPSA) is 72.6 Å². The molecule has 110 valence electrons. The standard InChI is InChI=1S/C16H16ClNO3/c1-10-6-7-12(16(18)20)15(8-10)21-9-14(19)11-4-2-3-5-13(11)17/h2-8,14,19H,9H2,1H3,(H2,18,20). The first-order valence-corrected chi connectivity index (χ1v) is 6.82. The summed E-state index contributed by atoms with van der Waals surface area (Å²) >= 11 is 6.02. The Kier molecular flexibility index (Phi) is 4.83. The Balaban J connectivity index is 2.15. The summed E-state index contributed by atoms with van der Waals surface area (Å²) in [6.07, 6.45) is -0.889. The Morgan fingerprint density at radius 3 is 2.71 bits per heavy atom. The number of carbonyl (C=O) groups is 1. The predicted molar refractivity (Wildman–Crippen MR) is 81.6 cm³/mol. The molecule has 0 saturated heterocycles. The van der Waals surface area contributed by atoms with Crippen LogP contribution in [0.4, 0.5) is 0 Å². The van der Waals surface area contributed by atoms with Crippen LogP contribution >= 0.6 is 11.6 Å². The van der Waals surface area contributed by atoms with Crippen LogP contribution < -0.4 is 10.5 Å². The zero-order chi connectivity index (χ0) is 15.4. The molecule has 2 aromatic rings. The monoisotopic (exact) mass is 305 g/mol. The third-order valence-electron chi connectivity index (χ3n) is 3.06. The van der Waals surface area contributed by atoms with E-state index in [1.54, 1.807) is 42.5 Å². The number of rotatable bonds is 5. The molecule has 4 nitrogen and oxygen atoms in total. The zero-order valence-corrected chi connectivity index (χ0v) is 12.3. The largest absolute Gasteiger partial charge is 0.490 e. The summed E-state index contributed by atoms with van der Waals surface area (Å²) in [4.78, 5) is 11.4. The number of primary amides is 1. The highest BCUT2D eigenvalue weighted by molar-refractivity contribution is 6.31. The number of benzene rings is 2. The van der Waals surface area contributed by atoms with Crippen molar-refractivity contribution in [1.82, 2.24) is 0 Å². The second-order valence-corrected chi connectivity index (χ2v) is 5.12. The van der Waals surface area contributed by atoms with Crippen LogP contribution in [0.15, 0.2) is 42.5 Å². The van der Waals surface area contributed by atoms with Crippen LogP contribution in [0.3, 0.4) is 0 Å². The number of carbonyl (C=O) groups excluding carboxylic acids is 1. The molecule has 3 N–H and O–H groups in total. The molecule has 5 heteroatoms. The van der Waals surface area contributed by atoms with Crippen molar-refractivity contribution in [2.75, 3.05) is 6.61 Å². The van der Waals surface area contributed by atoms with Crippen LogP contribution in [0.1, 0.15) is 27.6 Å². The quantitative estimate of drug-likeness (QED) is 0.892. The molecule has 0 bridgehead atoms. The van der Waals surface area contributed by atoms with Gasteiger partial charge in [-0.2, -0.15) is 0 Å². The van der Waals surface area contributed by atoms with Gasteiger partial charge in [-0.1, -0.05) is 35.9 Å². The minimum Gasteiger partial charge on any atom is -0.490 e. The van der Waals surface area contributed by atoms with Gasteiger partial charge in [-0.3, -0.25) is 4.79 Å². The van der Waals surface area contributed by atoms with Gasteiger partial charge in [0, 0.05) is 10.6 Å². The summed E-state index contributed by atoms with van der Waals surface area (Å²) in [6.45, 7) is 1.86. The maximum absolute atomic E-state index is 11.4. The highest BCUT2D eigenvalue weighted by Gasteiger charge is 2.15. The second-order valence-electron chi connectivity index (χ2n) is 4.71. The molecule has 0 aliphatic carbocycles. The molecule has 1 unspecified atom stereocenters. The molecule has 0 aromatic heterocycles. The maximum atomic E-state index is 11.4. The number of amides is 1. The molecule has 1 amide bonds. The van der Waals surface area contributed by atoms with E-state index >= 15 is 0 Å². The average molecular weight is 306 g/mol. The van der Waals surface area contributed by atoms with E-state index in [0.717, 1.165) is 5.56 Å². The van der Waals surface area contributed by atoms with Crippen molar-refractivity contribution >= 4 is 17.5 Å². The molecule has 0 heterocycles. The lowest BCUT2D eigenvalue weighted by Crippen LogP contribution is -2.16. The first kappa shape index (κ1) is 15.4. The van der Waals surface area contributed by atoms with E-state index in [9.17, 15) is 9.90 Å². The Bertz CT molecular complexity index is 658. The van der Waals surface area contributed by atoms with Crippen molar-refractivity contribution in [1.29, 1.82) is 0 Å². The van der Waals surface area contributed by atoms with Crippen molar-refractivity contribution in [2.24, 2.45) is 5.73 Å². The Hall–Kier alpha value is -2.04. The number of aryl methyl sites for hydroxylation is 1. The lowest BCUT2D eigenvalue weighted by Gasteiger charge is -2.15. The number of halogens is 1. The van der Waals surface area contributed by atoms with E-state index in [-0.39, 0.29) is 12.2 Å². The summed E-state index contributed by atoms with van der Waals surface area (Å²) in [7, 11) is 0. The minimum absolute atomic E-state index is 0.0204. The van der Waals surface area contributed by atoms with Crippen molar-refractivity contribution in [3.8, 4) is 5.75 Å². The highest BCUT2D eigenvalue weighted by Crippen LogP contribution is 2.25. The van der Waals surface area contributed by atoms with Crippen molar-refractivity contribution in [3.63, 3.8) is 0 Å². The molecule has 0 fully saturated rings. The van der Waals surface area contributed by atoms with E-state index in [4.69, 9.17) is 22.1 Å². The molecule has 21 heavy (non-hydrogen) atoms. The molecule has 0 aliphatic rings. The smallest absolute Gasteiger partial charge is 0.252 e. The van der Waals surface area contributed by atoms with Gasteiger partial charge in [0.15, 0.2) is 0 Å². The second kappa shape index (κ2) is 6.61. The summed E-state index contributed by atoms with van der Waals surface area (Å²) in [6, 6.07) is 12.1. The Morgan fingerprint density at radius 1 is 1.33 bits per heavy atom. The summed E-state index contributed by atoms with van der Waals surface area (Å²) in [5.41, 5.74) is 7.10.